The van der Waals surface area contributed by atoms with E-state index < -0.39 is 21.9 Å². The number of hydrogen-bond donors (Lipinski definition) is 3. The van der Waals surface area contributed by atoms with E-state index in [-0.39, 0.29) is 29.9 Å². The van der Waals surface area contributed by atoms with Gasteiger partial charge in [0.25, 0.3) is 0 Å². The molecule has 5 aromatic carbocycles. The highest BCUT2D eigenvalue weighted by molar-refractivity contribution is 8.00. The summed E-state index contributed by atoms with van der Waals surface area (Å²) in [5.41, 5.74) is 1.02. The number of thioether (sulfide) groups is 1. The number of fused-ring (bicyclic) bond motifs is 1. The van der Waals surface area contributed by atoms with Gasteiger partial charge in [0.2, 0.25) is 11.8 Å². The van der Waals surface area contributed by atoms with Gasteiger partial charge < -0.3 is 20.9 Å². The van der Waals surface area contributed by atoms with Crippen molar-refractivity contribution in [2.24, 2.45) is 0 Å². The second kappa shape index (κ2) is 20.8. The normalized spacial score (nSPS) is 17.8. The van der Waals surface area contributed by atoms with Crippen LogP contribution in [0.15, 0.2) is 152 Å². The van der Waals surface area contributed by atoms with Gasteiger partial charge >= 0.3 is 6.03 Å². The third-order valence-corrected chi connectivity index (χ3v) is 17.3. The van der Waals surface area contributed by atoms with Crippen molar-refractivity contribution >= 4 is 66.7 Å². The molecule has 0 bridgehead atoms. The fourth-order valence-electron chi connectivity index (χ4n) is 7.83. The maximum absolute atomic E-state index is 15.1. The van der Waals surface area contributed by atoms with Crippen LogP contribution >= 0.6 is 27.6 Å². The number of urea groups is 1. The van der Waals surface area contributed by atoms with Crippen molar-refractivity contribution in [3.8, 4) is 0 Å². The third kappa shape index (κ3) is 11.3. The van der Waals surface area contributed by atoms with E-state index in [1.165, 1.54) is 21.2 Å². The van der Waals surface area contributed by atoms with Gasteiger partial charge in [-0.25, -0.2) is 4.79 Å². The lowest BCUT2D eigenvalue weighted by Gasteiger charge is -2.31. The quantitative estimate of drug-likeness (QED) is 0.0503. The Morgan fingerprint density at radius 2 is 1.14 bits per heavy atom. The van der Waals surface area contributed by atoms with Crippen LogP contribution in [-0.4, -0.2) is 77.3 Å². The van der Waals surface area contributed by atoms with Crippen molar-refractivity contribution in [3.63, 3.8) is 0 Å². The van der Waals surface area contributed by atoms with Crippen LogP contribution in [0, 0.1) is 0 Å². The minimum absolute atomic E-state index is 0.0303. The Hall–Kier alpha value is -4.48. The van der Waals surface area contributed by atoms with Gasteiger partial charge in [-0.3, -0.25) is 9.59 Å². The van der Waals surface area contributed by atoms with E-state index in [4.69, 9.17) is 0 Å². The topological polar surface area (TPSA) is 90.5 Å². The number of benzene rings is 5. The van der Waals surface area contributed by atoms with Gasteiger partial charge in [-0.05, 0) is 67.8 Å². The molecular weight excluding hydrogens is 763 g/mol. The first-order valence-corrected chi connectivity index (χ1v) is 24.2. The number of carbonyl (C=O) groups excluding carboxylic acids is 3. The number of nitrogens with one attached hydrogen (secondary N) is 3. The Labute approximate surface area is 344 Å². The maximum atomic E-state index is 15.1. The molecular formula is C47H52N4O3P2S. The zero-order valence-corrected chi connectivity index (χ0v) is 34.9. The Kier molecular flexibility index (Phi) is 14.9. The molecule has 2 aliphatic rings. The van der Waals surface area contributed by atoms with Gasteiger partial charge in [0.1, 0.15) is 6.04 Å². The molecule has 0 saturated carbocycles. The molecule has 7 nitrogen and oxygen atoms in total. The number of hydrogen-bond acceptors (Lipinski definition) is 4. The fraction of sp³-hybridized carbons (Fsp3) is 0.298. The Balaban J connectivity index is 1.10. The first-order valence-electron chi connectivity index (χ1n) is 20.1. The SMILES string of the molecule is O=C(CCCC[C@@H]1SC[C@@H]2NC(=O)N[C@@H]21)N[C@@H](Cc1ccccc1)C(=O)N(CCP(c1ccccc1)c1ccccc1)CCP(c1ccccc1)c1ccccc1. The zero-order valence-electron chi connectivity index (χ0n) is 32.3. The van der Waals surface area contributed by atoms with E-state index in [2.05, 4.69) is 137 Å². The van der Waals surface area contributed by atoms with Crippen molar-refractivity contribution in [2.75, 3.05) is 31.2 Å². The number of unbranched alkanes of at least 4 members (excludes halogenated alkanes) is 1. The Morgan fingerprint density at radius 3 is 1.63 bits per heavy atom. The molecule has 57 heavy (non-hydrogen) atoms. The van der Waals surface area contributed by atoms with Crippen LogP contribution in [-0.2, 0) is 16.0 Å². The molecule has 0 unspecified atom stereocenters. The van der Waals surface area contributed by atoms with Gasteiger partial charge in [-0.2, -0.15) is 11.8 Å². The van der Waals surface area contributed by atoms with Gasteiger partial charge in [0.15, 0.2) is 0 Å². The van der Waals surface area contributed by atoms with Crippen molar-refractivity contribution in [1.82, 2.24) is 20.9 Å². The number of rotatable bonds is 19. The second-order valence-electron chi connectivity index (χ2n) is 14.6. The fourth-order valence-corrected chi connectivity index (χ4v) is 14.0. The second-order valence-corrected chi connectivity index (χ2v) is 20.6. The highest BCUT2D eigenvalue weighted by Gasteiger charge is 2.42. The zero-order chi connectivity index (χ0) is 39.2. The standard InChI is InChI=1S/C47H52N4O3P2S/c52-44(29-17-16-28-43-45-42(35-57-43)49-47(54)50-45)48-41(34-36-18-6-1-7-19-36)46(53)51(30-32-55(37-20-8-2-9-21-37)38-22-10-3-11-23-38)31-33-56(39-24-12-4-13-25-39)40-26-14-5-15-27-40/h1-15,18-27,41-43,45H,16-17,28-35H2,(H,48,52)(H2,49,50,54)/t41-,42-,43-,45-/m0/s1. The summed E-state index contributed by atoms with van der Waals surface area (Å²) in [7, 11) is -1.46. The summed E-state index contributed by atoms with van der Waals surface area (Å²) in [4.78, 5) is 42.7. The van der Waals surface area contributed by atoms with E-state index in [0.717, 1.165) is 42.9 Å². The summed E-state index contributed by atoms with van der Waals surface area (Å²) in [6, 6.07) is 52.3. The van der Waals surface area contributed by atoms with Crippen molar-refractivity contribution in [3.05, 3.63) is 157 Å². The highest BCUT2D eigenvalue weighted by atomic mass is 32.2. The Bertz CT molecular complexity index is 1850. The summed E-state index contributed by atoms with van der Waals surface area (Å²) in [6.45, 7) is 1.16. The van der Waals surface area contributed by atoms with Crippen LogP contribution in [0.1, 0.15) is 31.2 Å². The molecule has 2 aliphatic heterocycles. The molecule has 4 amide bonds. The molecule has 2 fully saturated rings. The highest BCUT2D eigenvalue weighted by Crippen LogP contribution is 2.36. The van der Waals surface area contributed by atoms with Crippen molar-refractivity contribution in [2.45, 2.75) is 55.5 Å². The van der Waals surface area contributed by atoms with Crippen molar-refractivity contribution < 1.29 is 14.4 Å². The van der Waals surface area contributed by atoms with Gasteiger partial charge in [0.05, 0.1) is 12.1 Å². The molecule has 10 heteroatoms. The lowest BCUT2D eigenvalue weighted by molar-refractivity contribution is -0.136. The van der Waals surface area contributed by atoms with Crippen LogP contribution in [0.5, 0.6) is 0 Å². The molecule has 3 N–H and O–H groups in total. The predicted molar refractivity (Wildman–Crippen MR) is 240 cm³/mol. The molecule has 0 aliphatic carbocycles. The van der Waals surface area contributed by atoms with Crippen LogP contribution in [0.25, 0.3) is 0 Å². The molecule has 0 aromatic heterocycles. The number of carbonyl (C=O) groups is 3. The molecule has 2 heterocycles. The first kappa shape index (κ1) is 40.7. The average Bonchev–Trinajstić information content (AvgIpc) is 3.82. The maximum Gasteiger partial charge on any atom is 0.315 e. The van der Waals surface area contributed by atoms with E-state index in [1.807, 2.05) is 47.0 Å². The van der Waals surface area contributed by atoms with Gasteiger partial charge in [-0.1, -0.05) is 158 Å². The van der Waals surface area contributed by atoms with E-state index in [9.17, 15) is 9.59 Å². The van der Waals surface area contributed by atoms with E-state index >= 15 is 4.79 Å². The molecule has 7 rings (SSSR count). The number of amides is 4. The molecule has 5 aromatic rings. The minimum Gasteiger partial charge on any atom is -0.344 e. The third-order valence-electron chi connectivity index (χ3n) is 10.8. The van der Waals surface area contributed by atoms with Crippen LogP contribution in [0.4, 0.5) is 4.79 Å². The van der Waals surface area contributed by atoms with Gasteiger partial charge in [-0.15, -0.1) is 0 Å². The number of nitrogens with zero attached hydrogens (tertiary/aromatic N) is 1. The van der Waals surface area contributed by atoms with Crippen LogP contribution < -0.4 is 37.2 Å². The van der Waals surface area contributed by atoms with Crippen LogP contribution in [0.3, 0.4) is 0 Å². The summed E-state index contributed by atoms with van der Waals surface area (Å²) in [5, 5.41) is 14.8. The monoisotopic (exact) mass is 814 g/mol. The lowest BCUT2D eigenvalue weighted by atomic mass is 10.0. The molecule has 0 spiro atoms. The lowest BCUT2D eigenvalue weighted by Crippen LogP contribution is -2.51. The summed E-state index contributed by atoms with van der Waals surface area (Å²) >= 11 is 1.90. The first-order chi connectivity index (χ1) is 28.0. The largest absolute Gasteiger partial charge is 0.344 e. The molecule has 294 valence electrons. The molecule has 0 radical (unpaired) electrons. The summed E-state index contributed by atoms with van der Waals surface area (Å²) in [5.74, 6) is 0.798. The molecule has 2 saturated heterocycles. The van der Waals surface area contributed by atoms with E-state index in [1.54, 1.807) is 0 Å². The van der Waals surface area contributed by atoms with Gasteiger partial charge in [0, 0.05) is 36.9 Å². The average molecular weight is 815 g/mol. The van der Waals surface area contributed by atoms with Crippen LogP contribution in [0.2, 0.25) is 0 Å². The Morgan fingerprint density at radius 1 is 0.667 bits per heavy atom. The van der Waals surface area contributed by atoms with E-state index in [0.29, 0.717) is 31.2 Å². The summed E-state index contributed by atoms with van der Waals surface area (Å²) < 4.78 is 0. The predicted octanol–water partition coefficient (Wildman–Crippen LogP) is 6.53. The minimum atomic E-state index is -0.731. The smallest absolute Gasteiger partial charge is 0.315 e. The van der Waals surface area contributed by atoms with Crippen molar-refractivity contribution in [1.29, 1.82) is 0 Å². The molecule has 4 atom stereocenters. The summed E-state index contributed by atoms with van der Waals surface area (Å²) in [6.07, 6.45) is 4.97.